The number of nitrogens with zero attached hydrogens (tertiary/aromatic N) is 3. The zero-order valence-electron chi connectivity index (χ0n) is 13.6. The molecule has 3 rings (SSSR count). The highest BCUT2D eigenvalue weighted by Crippen LogP contribution is 2.33. The fraction of sp³-hybridized carbons (Fsp3) is 0.312. The van der Waals surface area contributed by atoms with E-state index < -0.39 is 0 Å². The van der Waals surface area contributed by atoms with E-state index >= 15 is 0 Å². The molecule has 0 aliphatic carbocycles. The van der Waals surface area contributed by atoms with Crippen molar-refractivity contribution in [1.82, 2.24) is 19.7 Å². The molecule has 5 nitrogen and oxygen atoms in total. The summed E-state index contributed by atoms with van der Waals surface area (Å²) in [6.07, 6.45) is 3.24. The average Bonchev–Trinajstić information content (AvgIpc) is 2.91. The van der Waals surface area contributed by atoms with Crippen LogP contribution in [0.5, 0.6) is 0 Å². The van der Waals surface area contributed by atoms with Crippen LogP contribution in [0.25, 0.3) is 16.7 Å². The van der Waals surface area contributed by atoms with E-state index in [0.717, 1.165) is 5.75 Å². The number of halogens is 3. The highest BCUT2D eigenvalue weighted by Gasteiger charge is 2.20. The van der Waals surface area contributed by atoms with E-state index in [1.807, 2.05) is 13.2 Å². The van der Waals surface area contributed by atoms with E-state index in [0.29, 0.717) is 56.1 Å². The fourth-order valence-electron chi connectivity index (χ4n) is 2.60. The van der Waals surface area contributed by atoms with Gasteiger partial charge in [-0.1, -0.05) is 41.7 Å². The van der Waals surface area contributed by atoms with Gasteiger partial charge < -0.3 is 4.98 Å². The number of rotatable bonds is 5. The van der Waals surface area contributed by atoms with Crippen molar-refractivity contribution in [2.75, 3.05) is 12.0 Å². The Balaban J connectivity index is 2.32. The third-order valence-electron chi connectivity index (χ3n) is 3.73. The molecule has 0 aliphatic heterocycles. The Hall–Kier alpha value is -1.21. The molecule has 2 aromatic heterocycles. The van der Waals surface area contributed by atoms with Crippen LogP contribution in [-0.4, -0.2) is 31.8 Å². The monoisotopic (exact) mass is 416 g/mol. The minimum atomic E-state index is -0.203. The second kappa shape index (κ2) is 7.58. The Kier molecular flexibility index (Phi) is 5.63. The lowest BCUT2D eigenvalue weighted by Crippen LogP contribution is -2.13. The number of hydrogen-bond acceptors (Lipinski definition) is 4. The van der Waals surface area contributed by atoms with Crippen LogP contribution in [0.2, 0.25) is 15.1 Å². The molecule has 0 bridgehead atoms. The minimum absolute atomic E-state index is 0.203. The molecule has 0 saturated carbocycles. The van der Waals surface area contributed by atoms with Crippen LogP contribution in [0.15, 0.2) is 16.9 Å². The van der Waals surface area contributed by atoms with Gasteiger partial charge in [-0.2, -0.15) is 16.9 Å². The predicted molar refractivity (Wildman–Crippen MR) is 106 cm³/mol. The zero-order chi connectivity index (χ0) is 18.1. The van der Waals surface area contributed by atoms with Gasteiger partial charge in [0.2, 0.25) is 0 Å². The summed E-state index contributed by atoms with van der Waals surface area (Å²) in [7, 11) is 0. The first-order valence-electron chi connectivity index (χ1n) is 7.60. The van der Waals surface area contributed by atoms with Crippen molar-refractivity contribution >= 4 is 57.6 Å². The van der Waals surface area contributed by atoms with Gasteiger partial charge in [0.15, 0.2) is 5.65 Å². The van der Waals surface area contributed by atoms with Crippen LogP contribution in [0, 0.1) is 0 Å². The van der Waals surface area contributed by atoms with Crippen LogP contribution in [-0.2, 0) is 12.8 Å². The molecule has 9 heteroatoms. The number of nitrogens with one attached hydrogen (secondary N) is 1. The van der Waals surface area contributed by atoms with Gasteiger partial charge >= 0.3 is 0 Å². The van der Waals surface area contributed by atoms with E-state index in [2.05, 4.69) is 15.1 Å². The van der Waals surface area contributed by atoms with Crippen molar-refractivity contribution in [3.05, 3.63) is 49.1 Å². The number of H-pyrrole nitrogens is 1. The second-order valence-corrected chi connectivity index (χ2v) is 7.62. The number of aromatic amines is 1. The predicted octanol–water partition coefficient (Wildman–Crippen LogP) is 4.54. The molecule has 1 aromatic carbocycles. The molecule has 3 aromatic rings. The summed E-state index contributed by atoms with van der Waals surface area (Å²) in [5.41, 5.74) is 1.35. The van der Waals surface area contributed by atoms with E-state index in [4.69, 9.17) is 34.8 Å². The Labute approximate surface area is 163 Å². The molecule has 0 fully saturated rings. The van der Waals surface area contributed by atoms with Gasteiger partial charge in [0, 0.05) is 17.2 Å². The summed E-state index contributed by atoms with van der Waals surface area (Å²) in [5.74, 6) is 1.46. The highest BCUT2D eigenvalue weighted by atomic mass is 35.5. The van der Waals surface area contributed by atoms with Gasteiger partial charge in [0.05, 0.1) is 15.7 Å². The maximum Gasteiger partial charge on any atom is 0.262 e. The van der Waals surface area contributed by atoms with E-state index in [9.17, 15) is 4.79 Å². The van der Waals surface area contributed by atoms with Crippen molar-refractivity contribution in [2.24, 2.45) is 0 Å². The third kappa shape index (κ3) is 3.53. The quantitative estimate of drug-likeness (QED) is 0.662. The number of fused-ring (bicyclic) bond motifs is 1. The zero-order valence-corrected chi connectivity index (χ0v) is 16.7. The lowest BCUT2D eigenvalue weighted by Gasteiger charge is -2.09. The van der Waals surface area contributed by atoms with Gasteiger partial charge in [0.25, 0.3) is 5.56 Å². The van der Waals surface area contributed by atoms with E-state index in [1.54, 1.807) is 23.9 Å². The molecule has 25 heavy (non-hydrogen) atoms. The van der Waals surface area contributed by atoms with Crippen LogP contribution in [0.1, 0.15) is 18.4 Å². The lowest BCUT2D eigenvalue weighted by molar-refractivity contribution is 0.847. The maximum atomic E-state index is 12.6. The number of thioether (sulfide) groups is 1. The second-order valence-electron chi connectivity index (χ2n) is 5.38. The molecule has 0 unspecified atom stereocenters. The summed E-state index contributed by atoms with van der Waals surface area (Å²) in [4.78, 5) is 20.0. The first kappa shape index (κ1) is 18.6. The number of aromatic nitrogens is 4. The first-order valence-corrected chi connectivity index (χ1v) is 10.1. The van der Waals surface area contributed by atoms with Gasteiger partial charge in [-0.15, -0.1) is 0 Å². The normalized spacial score (nSPS) is 11.4. The average molecular weight is 418 g/mol. The van der Waals surface area contributed by atoms with Crippen molar-refractivity contribution in [2.45, 2.75) is 19.8 Å². The molecule has 132 valence electrons. The summed E-state index contributed by atoms with van der Waals surface area (Å²) in [6, 6.07) is 3.18. The molecular formula is C16H15Cl3N4OS. The summed E-state index contributed by atoms with van der Waals surface area (Å²) in [6.45, 7) is 1.93. The van der Waals surface area contributed by atoms with E-state index in [1.165, 1.54) is 4.68 Å². The number of aryl methyl sites for hydroxylation is 2. The van der Waals surface area contributed by atoms with Gasteiger partial charge in [0.1, 0.15) is 16.9 Å². The van der Waals surface area contributed by atoms with Crippen LogP contribution < -0.4 is 5.56 Å². The van der Waals surface area contributed by atoms with Crippen molar-refractivity contribution in [3.8, 4) is 5.69 Å². The largest absolute Gasteiger partial charge is 0.310 e. The fourth-order valence-corrected chi connectivity index (χ4v) is 3.97. The molecule has 0 aliphatic rings. The van der Waals surface area contributed by atoms with Gasteiger partial charge in [-0.05, 0) is 24.8 Å². The van der Waals surface area contributed by atoms with Gasteiger partial charge in [-0.25, -0.2) is 9.67 Å². The smallest absolute Gasteiger partial charge is 0.262 e. The molecule has 0 spiro atoms. The molecular weight excluding hydrogens is 403 g/mol. The summed E-state index contributed by atoms with van der Waals surface area (Å²) >= 11 is 20.4. The topological polar surface area (TPSA) is 63.6 Å². The number of benzene rings is 1. The molecule has 0 atom stereocenters. The van der Waals surface area contributed by atoms with Crippen molar-refractivity contribution in [3.63, 3.8) is 0 Å². The van der Waals surface area contributed by atoms with Crippen LogP contribution >= 0.6 is 46.6 Å². The van der Waals surface area contributed by atoms with Crippen LogP contribution in [0.3, 0.4) is 0 Å². The standard InChI is InChI=1S/C16H15Cl3N4OS/c1-3-11-13-15(20-12(4-5-25-2)21-16(13)24)23(22-11)14-9(18)6-8(17)7-10(14)19/h6-7H,3-5H2,1-2H3,(H,20,21,24). The summed E-state index contributed by atoms with van der Waals surface area (Å²) in [5, 5.41) is 6.10. The van der Waals surface area contributed by atoms with E-state index in [-0.39, 0.29) is 5.56 Å². The molecule has 0 radical (unpaired) electrons. The van der Waals surface area contributed by atoms with Crippen molar-refractivity contribution < 1.29 is 0 Å². The molecule has 1 N–H and O–H groups in total. The maximum absolute atomic E-state index is 12.6. The first-order chi connectivity index (χ1) is 12.0. The summed E-state index contributed by atoms with van der Waals surface area (Å²) < 4.78 is 1.53. The highest BCUT2D eigenvalue weighted by molar-refractivity contribution is 7.98. The molecule has 0 amide bonds. The minimum Gasteiger partial charge on any atom is -0.310 e. The Morgan fingerprint density at radius 2 is 1.92 bits per heavy atom. The Morgan fingerprint density at radius 3 is 2.52 bits per heavy atom. The molecule has 0 saturated heterocycles. The molecule has 2 heterocycles. The Bertz CT molecular complexity index is 976. The number of hydrogen-bond donors (Lipinski definition) is 1. The SMILES string of the molecule is CCc1nn(-c2c(Cl)cc(Cl)cc2Cl)c2nc(CCSC)[nH]c(=O)c12. The van der Waals surface area contributed by atoms with Gasteiger partial charge in [-0.3, -0.25) is 4.79 Å². The third-order valence-corrected chi connectivity index (χ3v) is 5.14. The Morgan fingerprint density at radius 1 is 1.24 bits per heavy atom. The lowest BCUT2D eigenvalue weighted by atomic mass is 10.2. The van der Waals surface area contributed by atoms with Crippen LogP contribution in [0.4, 0.5) is 0 Å². The van der Waals surface area contributed by atoms with Crippen molar-refractivity contribution in [1.29, 1.82) is 0 Å².